The fourth-order valence-corrected chi connectivity index (χ4v) is 2.96. The summed E-state index contributed by atoms with van der Waals surface area (Å²) < 4.78 is 5.90. The first kappa shape index (κ1) is 15.0. The molecule has 1 saturated carbocycles. The van der Waals surface area contributed by atoms with Gasteiger partial charge in [0.25, 0.3) is 0 Å². The molecule has 1 aromatic heterocycles. The first-order valence-corrected chi connectivity index (χ1v) is 7.54. The normalized spacial score (nSPS) is 25.9. The standard InChI is InChI=1S/C17H26N2O/c1-12(2)16-18-9-15(10-19-16)20-11-14-7-6-8-17(14,5)13(3)4/h9-10,12,14H,3,6-8,11H2,1-2,4-5H3/t14-,17+/m1/s1. The number of ether oxygens (including phenoxy) is 1. The van der Waals surface area contributed by atoms with Gasteiger partial charge >= 0.3 is 0 Å². The third kappa shape index (κ3) is 3.02. The average molecular weight is 274 g/mol. The van der Waals surface area contributed by atoms with Crippen LogP contribution in [0.4, 0.5) is 0 Å². The third-order valence-corrected chi connectivity index (χ3v) is 4.74. The smallest absolute Gasteiger partial charge is 0.155 e. The van der Waals surface area contributed by atoms with E-state index in [9.17, 15) is 0 Å². The molecule has 0 radical (unpaired) electrons. The van der Waals surface area contributed by atoms with Gasteiger partial charge in [0.1, 0.15) is 5.82 Å². The molecule has 110 valence electrons. The Bertz CT molecular complexity index is 466. The molecule has 1 fully saturated rings. The second-order valence-corrected chi connectivity index (χ2v) is 6.53. The highest BCUT2D eigenvalue weighted by Crippen LogP contribution is 2.47. The third-order valence-electron chi connectivity index (χ3n) is 4.74. The van der Waals surface area contributed by atoms with E-state index < -0.39 is 0 Å². The minimum Gasteiger partial charge on any atom is -0.490 e. The van der Waals surface area contributed by atoms with Crippen molar-refractivity contribution in [1.29, 1.82) is 0 Å². The fraction of sp³-hybridized carbons (Fsp3) is 0.647. The van der Waals surface area contributed by atoms with Crippen LogP contribution in [-0.2, 0) is 0 Å². The molecule has 1 aliphatic rings. The molecule has 0 aromatic carbocycles. The summed E-state index contributed by atoms with van der Waals surface area (Å²) >= 11 is 0. The van der Waals surface area contributed by atoms with E-state index >= 15 is 0 Å². The van der Waals surface area contributed by atoms with Crippen LogP contribution in [0.3, 0.4) is 0 Å². The van der Waals surface area contributed by atoms with Gasteiger partial charge in [0, 0.05) is 11.8 Å². The van der Waals surface area contributed by atoms with Gasteiger partial charge in [-0.05, 0) is 25.2 Å². The van der Waals surface area contributed by atoms with Gasteiger partial charge in [-0.25, -0.2) is 9.97 Å². The summed E-state index contributed by atoms with van der Waals surface area (Å²) in [5.41, 5.74) is 1.49. The molecular weight excluding hydrogens is 248 g/mol. The zero-order chi connectivity index (χ0) is 14.8. The lowest BCUT2D eigenvalue weighted by molar-refractivity contribution is 0.173. The molecule has 3 heteroatoms. The number of allylic oxidation sites excluding steroid dienone is 1. The Balaban J connectivity index is 1.96. The summed E-state index contributed by atoms with van der Waals surface area (Å²) in [6.07, 6.45) is 7.28. The maximum absolute atomic E-state index is 5.90. The monoisotopic (exact) mass is 274 g/mol. The lowest BCUT2D eigenvalue weighted by atomic mass is 9.75. The van der Waals surface area contributed by atoms with Crippen LogP contribution < -0.4 is 4.74 Å². The van der Waals surface area contributed by atoms with Gasteiger partial charge in [0.2, 0.25) is 0 Å². The maximum Gasteiger partial charge on any atom is 0.155 e. The summed E-state index contributed by atoms with van der Waals surface area (Å²) in [5.74, 6) is 2.53. The molecule has 1 aromatic rings. The molecule has 1 heterocycles. The SMILES string of the molecule is C=C(C)[C@]1(C)CCC[C@@H]1COc1cnc(C(C)C)nc1. The molecule has 0 N–H and O–H groups in total. The van der Waals surface area contributed by atoms with Crippen molar-refractivity contribution in [2.24, 2.45) is 11.3 Å². The van der Waals surface area contributed by atoms with E-state index in [2.05, 4.69) is 44.2 Å². The number of hydrogen-bond acceptors (Lipinski definition) is 3. The molecule has 2 rings (SSSR count). The molecule has 3 nitrogen and oxygen atoms in total. The Labute approximate surface area is 122 Å². The Kier molecular flexibility index (Phi) is 4.46. The van der Waals surface area contributed by atoms with E-state index in [-0.39, 0.29) is 5.41 Å². The predicted octanol–water partition coefficient (Wildman–Crippen LogP) is 4.36. The minimum atomic E-state index is 0.221. The molecule has 0 bridgehead atoms. The fourth-order valence-electron chi connectivity index (χ4n) is 2.96. The largest absolute Gasteiger partial charge is 0.490 e. The van der Waals surface area contributed by atoms with Crippen molar-refractivity contribution in [3.05, 3.63) is 30.4 Å². The van der Waals surface area contributed by atoms with Crippen LogP contribution in [0, 0.1) is 11.3 Å². The van der Waals surface area contributed by atoms with Crippen LogP contribution in [0.25, 0.3) is 0 Å². The lowest BCUT2D eigenvalue weighted by Gasteiger charge is -2.32. The van der Waals surface area contributed by atoms with Crippen molar-refractivity contribution in [2.75, 3.05) is 6.61 Å². The van der Waals surface area contributed by atoms with Crippen LogP contribution in [0.1, 0.15) is 58.7 Å². The summed E-state index contributed by atoms with van der Waals surface area (Å²) in [7, 11) is 0. The maximum atomic E-state index is 5.90. The summed E-state index contributed by atoms with van der Waals surface area (Å²) in [6, 6.07) is 0. The van der Waals surface area contributed by atoms with Crippen molar-refractivity contribution >= 4 is 0 Å². The van der Waals surface area contributed by atoms with E-state index in [1.165, 1.54) is 24.8 Å². The van der Waals surface area contributed by atoms with Gasteiger partial charge in [-0.3, -0.25) is 0 Å². The molecule has 0 aliphatic heterocycles. The highest BCUT2D eigenvalue weighted by molar-refractivity contribution is 5.15. The summed E-state index contributed by atoms with van der Waals surface area (Å²) in [5, 5.41) is 0. The van der Waals surface area contributed by atoms with Crippen molar-refractivity contribution in [2.45, 2.75) is 52.9 Å². The molecule has 0 spiro atoms. The van der Waals surface area contributed by atoms with E-state index in [0.717, 1.165) is 18.2 Å². The van der Waals surface area contributed by atoms with Crippen LogP contribution in [-0.4, -0.2) is 16.6 Å². The molecule has 20 heavy (non-hydrogen) atoms. The van der Waals surface area contributed by atoms with E-state index in [0.29, 0.717) is 11.8 Å². The predicted molar refractivity (Wildman–Crippen MR) is 81.9 cm³/mol. The summed E-state index contributed by atoms with van der Waals surface area (Å²) in [4.78, 5) is 8.68. The van der Waals surface area contributed by atoms with Gasteiger partial charge in [-0.2, -0.15) is 0 Å². The second kappa shape index (κ2) is 5.94. The van der Waals surface area contributed by atoms with Gasteiger partial charge in [0.15, 0.2) is 5.75 Å². The van der Waals surface area contributed by atoms with Gasteiger partial charge < -0.3 is 4.74 Å². The number of hydrogen-bond donors (Lipinski definition) is 0. The second-order valence-electron chi connectivity index (χ2n) is 6.53. The highest BCUT2D eigenvalue weighted by Gasteiger charge is 2.39. The van der Waals surface area contributed by atoms with E-state index in [1.54, 1.807) is 12.4 Å². The van der Waals surface area contributed by atoms with Crippen molar-refractivity contribution in [3.63, 3.8) is 0 Å². The van der Waals surface area contributed by atoms with Crippen molar-refractivity contribution < 1.29 is 4.74 Å². The highest BCUT2D eigenvalue weighted by atomic mass is 16.5. The first-order valence-electron chi connectivity index (χ1n) is 7.54. The zero-order valence-corrected chi connectivity index (χ0v) is 13.1. The first-order chi connectivity index (χ1) is 9.43. The molecule has 0 unspecified atom stereocenters. The topological polar surface area (TPSA) is 35.0 Å². The van der Waals surface area contributed by atoms with Crippen LogP contribution >= 0.6 is 0 Å². The van der Waals surface area contributed by atoms with Crippen LogP contribution in [0.5, 0.6) is 5.75 Å². The molecule has 2 atom stereocenters. The van der Waals surface area contributed by atoms with Crippen molar-refractivity contribution in [3.8, 4) is 5.75 Å². The lowest BCUT2D eigenvalue weighted by Crippen LogP contribution is -2.27. The minimum absolute atomic E-state index is 0.221. The molecule has 0 amide bonds. The molecular formula is C17H26N2O. The zero-order valence-electron chi connectivity index (χ0n) is 13.1. The number of nitrogens with zero attached hydrogens (tertiary/aromatic N) is 2. The average Bonchev–Trinajstić information content (AvgIpc) is 2.79. The van der Waals surface area contributed by atoms with E-state index in [4.69, 9.17) is 4.74 Å². The number of aromatic nitrogens is 2. The summed E-state index contributed by atoms with van der Waals surface area (Å²) in [6.45, 7) is 13.5. The van der Waals surface area contributed by atoms with Gasteiger partial charge in [-0.15, -0.1) is 0 Å². The Morgan fingerprint density at radius 1 is 1.45 bits per heavy atom. The van der Waals surface area contributed by atoms with Gasteiger partial charge in [0.05, 0.1) is 19.0 Å². The molecule has 0 saturated heterocycles. The Morgan fingerprint density at radius 3 is 2.65 bits per heavy atom. The Hall–Kier alpha value is -1.38. The number of rotatable bonds is 5. The quantitative estimate of drug-likeness (QED) is 0.748. The van der Waals surface area contributed by atoms with Crippen LogP contribution in [0.15, 0.2) is 24.5 Å². The van der Waals surface area contributed by atoms with Gasteiger partial charge in [-0.1, -0.05) is 39.3 Å². The molecule has 1 aliphatic carbocycles. The van der Waals surface area contributed by atoms with Crippen LogP contribution in [0.2, 0.25) is 0 Å². The Morgan fingerprint density at radius 2 is 2.10 bits per heavy atom. The van der Waals surface area contributed by atoms with Crippen molar-refractivity contribution in [1.82, 2.24) is 9.97 Å². The van der Waals surface area contributed by atoms with E-state index in [1.807, 2.05) is 0 Å².